The van der Waals surface area contributed by atoms with Gasteiger partial charge in [-0.15, -0.1) is 21.5 Å². The molecule has 0 bridgehead atoms. The van der Waals surface area contributed by atoms with Crippen molar-refractivity contribution in [2.75, 3.05) is 0 Å². The molecule has 0 atom stereocenters. The van der Waals surface area contributed by atoms with Crippen molar-refractivity contribution in [2.45, 2.75) is 24.8 Å². The minimum atomic E-state index is -0.0515. The molecule has 5 rings (SSSR count). The van der Waals surface area contributed by atoms with E-state index in [1.807, 2.05) is 54.8 Å². The fourth-order valence-electron chi connectivity index (χ4n) is 3.46. The Morgan fingerprint density at radius 3 is 2.65 bits per heavy atom. The van der Waals surface area contributed by atoms with Gasteiger partial charge in [-0.25, -0.2) is 4.98 Å². The molecule has 0 radical (unpaired) electrons. The van der Waals surface area contributed by atoms with E-state index in [1.54, 1.807) is 10.5 Å². The SMILES string of the molecule is Cc1cccc(-c2nnc(SCc3cc(=O)n4c(C)csc4n3)n2-c2ccccc2)c1. The minimum absolute atomic E-state index is 0.0515. The summed E-state index contributed by atoms with van der Waals surface area (Å²) in [5.74, 6) is 1.32. The van der Waals surface area contributed by atoms with Crippen molar-refractivity contribution in [3.05, 3.63) is 93.3 Å². The van der Waals surface area contributed by atoms with E-state index in [9.17, 15) is 4.79 Å². The van der Waals surface area contributed by atoms with E-state index < -0.39 is 0 Å². The normalized spacial score (nSPS) is 11.3. The van der Waals surface area contributed by atoms with Crippen LogP contribution in [-0.2, 0) is 5.75 Å². The summed E-state index contributed by atoms with van der Waals surface area (Å²) in [6.07, 6.45) is 0. The van der Waals surface area contributed by atoms with Gasteiger partial charge in [0.15, 0.2) is 15.9 Å². The second kappa shape index (κ2) is 8.13. The third-order valence-electron chi connectivity index (χ3n) is 4.90. The Morgan fingerprint density at radius 1 is 1.00 bits per heavy atom. The number of hydrogen-bond donors (Lipinski definition) is 0. The van der Waals surface area contributed by atoms with Gasteiger partial charge in [-0.3, -0.25) is 13.8 Å². The summed E-state index contributed by atoms with van der Waals surface area (Å²) < 4.78 is 3.70. The molecule has 0 aliphatic rings. The first-order chi connectivity index (χ1) is 15.1. The summed E-state index contributed by atoms with van der Waals surface area (Å²) in [6.45, 7) is 3.98. The van der Waals surface area contributed by atoms with Crippen LogP contribution < -0.4 is 5.56 Å². The smallest absolute Gasteiger partial charge is 0.258 e. The largest absolute Gasteiger partial charge is 0.270 e. The number of thioether (sulfide) groups is 1. The summed E-state index contributed by atoms with van der Waals surface area (Å²) in [7, 11) is 0. The fourth-order valence-corrected chi connectivity index (χ4v) is 5.19. The van der Waals surface area contributed by atoms with Crippen LogP contribution in [0.25, 0.3) is 22.0 Å². The average molecular weight is 446 g/mol. The molecule has 0 N–H and O–H groups in total. The number of aryl methyl sites for hydroxylation is 2. The monoisotopic (exact) mass is 445 g/mol. The molecule has 5 aromatic rings. The number of fused-ring (bicyclic) bond motifs is 1. The van der Waals surface area contributed by atoms with Crippen molar-refractivity contribution in [2.24, 2.45) is 0 Å². The predicted octanol–water partition coefficient (Wildman–Crippen LogP) is 4.91. The molecule has 154 valence electrons. The Balaban J connectivity index is 1.53. The maximum absolute atomic E-state index is 12.5. The second-order valence-corrected chi connectivity index (χ2v) is 9.00. The number of aromatic nitrogens is 5. The summed E-state index contributed by atoms with van der Waals surface area (Å²) in [4.78, 5) is 17.9. The van der Waals surface area contributed by atoms with E-state index in [0.717, 1.165) is 33.6 Å². The van der Waals surface area contributed by atoms with Gasteiger partial charge in [0.05, 0.1) is 5.69 Å². The molecule has 2 aromatic carbocycles. The molecule has 3 aromatic heterocycles. The number of rotatable bonds is 5. The molecule has 6 nitrogen and oxygen atoms in total. The van der Waals surface area contributed by atoms with Crippen molar-refractivity contribution in [3.63, 3.8) is 0 Å². The Bertz CT molecular complexity index is 1440. The van der Waals surface area contributed by atoms with Gasteiger partial charge in [0.1, 0.15) is 0 Å². The lowest BCUT2D eigenvalue weighted by molar-refractivity contribution is 0.884. The van der Waals surface area contributed by atoms with Crippen molar-refractivity contribution in [1.82, 2.24) is 24.1 Å². The first-order valence-electron chi connectivity index (χ1n) is 9.77. The highest BCUT2D eigenvalue weighted by atomic mass is 32.2. The van der Waals surface area contributed by atoms with Crippen LogP contribution in [0.5, 0.6) is 0 Å². The number of para-hydroxylation sites is 1. The maximum atomic E-state index is 12.5. The lowest BCUT2D eigenvalue weighted by Crippen LogP contribution is -2.14. The van der Waals surface area contributed by atoms with Gasteiger partial charge in [0.2, 0.25) is 0 Å². The summed E-state index contributed by atoms with van der Waals surface area (Å²) in [6, 6.07) is 19.9. The van der Waals surface area contributed by atoms with E-state index >= 15 is 0 Å². The highest BCUT2D eigenvalue weighted by molar-refractivity contribution is 7.98. The van der Waals surface area contributed by atoms with Gasteiger partial charge in [0, 0.05) is 34.1 Å². The topological polar surface area (TPSA) is 65.1 Å². The van der Waals surface area contributed by atoms with Crippen LogP contribution in [0.4, 0.5) is 0 Å². The van der Waals surface area contributed by atoms with Crippen molar-refractivity contribution in [3.8, 4) is 17.1 Å². The van der Waals surface area contributed by atoms with E-state index in [2.05, 4.69) is 38.8 Å². The highest BCUT2D eigenvalue weighted by Gasteiger charge is 2.17. The first-order valence-corrected chi connectivity index (χ1v) is 11.6. The molecule has 0 unspecified atom stereocenters. The van der Waals surface area contributed by atoms with E-state index in [-0.39, 0.29) is 5.56 Å². The zero-order chi connectivity index (χ0) is 21.4. The molecule has 0 spiro atoms. The standard InChI is InChI=1S/C23H19N5OS2/c1-15-7-6-8-17(11-15)21-25-26-23(28(21)19-9-4-3-5-10-19)31-14-18-12-20(29)27-16(2)13-30-22(27)24-18/h3-13H,14H2,1-2H3. The Morgan fingerprint density at radius 2 is 1.84 bits per heavy atom. The molecular weight excluding hydrogens is 426 g/mol. The van der Waals surface area contributed by atoms with Gasteiger partial charge >= 0.3 is 0 Å². The van der Waals surface area contributed by atoms with Crippen LogP contribution in [0.3, 0.4) is 0 Å². The Hall–Kier alpha value is -3.23. The van der Waals surface area contributed by atoms with Crippen molar-refractivity contribution in [1.29, 1.82) is 0 Å². The van der Waals surface area contributed by atoms with Gasteiger partial charge in [-0.05, 0) is 32.0 Å². The lowest BCUT2D eigenvalue weighted by Gasteiger charge is -2.10. The summed E-state index contributed by atoms with van der Waals surface area (Å²) in [5, 5.41) is 11.7. The van der Waals surface area contributed by atoms with Crippen LogP contribution in [0, 0.1) is 13.8 Å². The van der Waals surface area contributed by atoms with E-state index in [0.29, 0.717) is 10.7 Å². The van der Waals surface area contributed by atoms with E-state index in [4.69, 9.17) is 0 Å². The summed E-state index contributed by atoms with van der Waals surface area (Å²) >= 11 is 3.00. The average Bonchev–Trinajstić information content (AvgIpc) is 3.37. The number of nitrogens with zero attached hydrogens (tertiary/aromatic N) is 5. The van der Waals surface area contributed by atoms with Gasteiger partial charge in [-0.1, -0.05) is 53.7 Å². The minimum Gasteiger partial charge on any atom is -0.270 e. The maximum Gasteiger partial charge on any atom is 0.258 e. The van der Waals surface area contributed by atoms with Crippen LogP contribution in [0.1, 0.15) is 17.0 Å². The van der Waals surface area contributed by atoms with Crippen LogP contribution in [0.2, 0.25) is 0 Å². The van der Waals surface area contributed by atoms with Crippen molar-refractivity contribution >= 4 is 28.1 Å². The zero-order valence-electron chi connectivity index (χ0n) is 17.0. The quantitative estimate of drug-likeness (QED) is 0.360. The lowest BCUT2D eigenvalue weighted by atomic mass is 10.1. The first kappa shape index (κ1) is 19.7. The van der Waals surface area contributed by atoms with E-state index in [1.165, 1.54) is 28.7 Å². The van der Waals surface area contributed by atoms with Gasteiger partial charge in [0.25, 0.3) is 5.56 Å². The second-order valence-electron chi connectivity index (χ2n) is 7.22. The Labute approximate surface area is 187 Å². The number of benzene rings is 2. The molecule has 31 heavy (non-hydrogen) atoms. The molecule has 0 fully saturated rings. The van der Waals surface area contributed by atoms with Crippen molar-refractivity contribution < 1.29 is 0 Å². The van der Waals surface area contributed by atoms with Gasteiger partial charge < -0.3 is 0 Å². The highest BCUT2D eigenvalue weighted by Crippen LogP contribution is 2.29. The molecule has 3 heterocycles. The molecular formula is C23H19N5OS2. The molecule has 8 heteroatoms. The van der Waals surface area contributed by atoms with Crippen LogP contribution in [0.15, 0.2) is 76.0 Å². The van der Waals surface area contributed by atoms with Crippen LogP contribution >= 0.6 is 23.1 Å². The fraction of sp³-hybridized carbons (Fsp3) is 0.130. The zero-order valence-corrected chi connectivity index (χ0v) is 18.7. The predicted molar refractivity (Wildman–Crippen MR) is 125 cm³/mol. The molecule has 0 aliphatic carbocycles. The number of thiazole rings is 1. The molecule has 0 aliphatic heterocycles. The van der Waals surface area contributed by atoms with Crippen LogP contribution in [-0.4, -0.2) is 24.1 Å². The van der Waals surface area contributed by atoms with Gasteiger partial charge in [-0.2, -0.15) is 0 Å². The Kier molecular flexibility index (Phi) is 5.17. The third kappa shape index (κ3) is 3.80. The third-order valence-corrected chi connectivity index (χ3v) is 6.81. The number of hydrogen-bond acceptors (Lipinski definition) is 6. The molecule has 0 amide bonds. The molecule has 0 saturated carbocycles. The summed E-state index contributed by atoms with van der Waals surface area (Å²) in [5.41, 5.74) is 4.75. The molecule has 0 saturated heterocycles.